The van der Waals surface area contributed by atoms with Crippen molar-refractivity contribution < 1.29 is 14.7 Å². The Hall–Kier alpha value is -2.55. The fourth-order valence-electron chi connectivity index (χ4n) is 1.33. The smallest absolute Gasteiger partial charge is 0.326 e. The van der Waals surface area contributed by atoms with Crippen molar-refractivity contribution in [3.8, 4) is 6.07 Å². The Labute approximate surface area is 104 Å². The number of carbonyl (C=O) groups is 2. The lowest BCUT2D eigenvalue weighted by Crippen LogP contribution is -2.42. The Balaban J connectivity index is 2.64. The second-order valence-corrected chi connectivity index (χ2v) is 3.59. The van der Waals surface area contributed by atoms with E-state index in [1.807, 2.05) is 6.07 Å². The molecule has 6 nitrogen and oxygen atoms in total. The average Bonchev–Trinajstić information content (AvgIpc) is 2.35. The van der Waals surface area contributed by atoms with E-state index in [0.29, 0.717) is 17.7 Å². The molecule has 18 heavy (non-hydrogen) atoms. The minimum absolute atomic E-state index is 0.293. The number of carbonyl (C=O) groups excluding carboxylic acids is 1. The van der Waals surface area contributed by atoms with Crippen molar-refractivity contribution in [2.24, 2.45) is 0 Å². The number of nitrogens with one attached hydrogen (secondary N) is 2. The van der Waals surface area contributed by atoms with Gasteiger partial charge in [0.15, 0.2) is 0 Å². The topological polar surface area (TPSA) is 102 Å². The predicted octanol–water partition coefficient (Wildman–Crippen LogP) is 1.54. The van der Waals surface area contributed by atoms with Crippen LogP contribution in [0.15, 0.2) is 24.3 Å². The molecule has 1 aromatic carbocycles. The van der Waals surface area contributed by atoms with Gasteiger partial charge < -0.3 is 15.7 Å². The van der Waals surface area contributed by atoms with Crippen LogP contribution in [0.2, 0.25) is 0 Å². The highest BCUT2D eigenvalue weighted by Gasteiger charge is 2.17. The van der Waals surface area contributed by atoms with Crippen LogP contribution in [0.3, 0.4) is 0 Å². The minimum Gasteiger partial charge on any atom is -0.480 e. The number of carboxylic acid groups (broad SMARTS) is 1. The molecule has 0 aliphatic rings. The largest absolute Gasteiger partial charge is 0.480 e. The van der Waals surface area contributed by atoms with Crippen molar-refractivity contribution in [1.29, 1.82) is 5.26 Å². The average molecular weight is 247 g/mol. The first kappa shape index (κ1) is 13.5. The van der Waals surface area contributed by atoms with Gasteiger partial charge in [0.05, 0.1) is 11.6 Å². The third kappa shape index (κ3) is 3.79. The molecule has 0 heterocycles. The molecule has 0 bridgehead atoms. The molecule has 0 spiro atoms. The third-order valence-corrected chi connectivity index (χ3v) is 2.26. The quantitative estimate of drug-likeness (QED) is 0.750. The van der Waals surface area contributed by atoms with Gasteiger partial charge >= 0.3 is 12.0 Å². The van der Waals surface area contributed by atoms with E-state index in [1.54, 1.807) is 25.1 Å². The summed E-state index contributed by atoms with van der Waals surface area (Å²) >= 11 is 0. The van der Waals surface area contributed by atoms with Gasteiger partial charge in [0.25, 0.3) is 0 Å². The van der Waals surface area contributed by atoms with Gasteiger partial charge in [0.2, 0.25) is 0 Å². The number of hydrogen-bond acceptors (Lipinski definition) is 3. The minimum atomic E-state index is -1.08. The number of amides is 2. The zero-order valence-electron chi connectivity index (χ0n) is 9.80. The molecule has 94 valence electrons. The summed E-state index contributed by atoms with van der Waals surface area (Å²) in [6, 6.07) is 6.76. The van der Waals surface area contributed by atoms with E-state index in [1.165, 1.54) is 6.07 Å². The fourth-order valence-corrected chi connectivity index (χ4v) is 1.33. The van der Waals surface area contributed by atoms with Crippen molar-refractivity contribution >= 4 is 17.7 Å². The summed E-state index contributed by atoms with van der Waals surface area (Å²) in [5, 5.41) is 22.3. The molecule has 0 aromatic heterocycles. The van der Waals surface area contributed by atoms with Crippen LogP contribution in [0.5, 0.6) is 0 Å². The molecule has 1 unspecified atom stereocenters. The van der Waals surface area contributed by atoms with Crippen LogP contribution in [0.4, 0.5) is 10.5 Å². The highest BCUT2D eigenvalue weighted by Crippen LogP contribution is 2.09. The molecule has 0 saturated heterocycles. The van der Waals surface area contributed by atoms with Crippen molar-refractivity contribution in [2.75, 3.05) is 5.32 Å². The van der Waals surface area contributed by atoms with Crippen LogP contribution >= 0.6 is 0 Å². The molecule has 0 aliphatic heterocycles. The molecule has 2 amide bonds. The van der Waals surface area contributed by atoms with E-state index < -0.39 is 18.0 Å². The summed E-state index contributed by atoms with van der Waals surface area (Å²) in [6.07, 6.45) is 0.293. The molecule has 1 atom stereocenters. The number of carboxylic acids is 1. The maximum absolute atomic E-state index is 11.5. The second kappa shape index (κ2) is 6.25. The Morgan fingerprint density at radius 3 is 2.78 bits per heavy atom. The van der Waals surface area contributed by atoms with E-state index in [4.69, 9.17) is 10.4 Å². The predicted molar refractivity (Wildman–Crippen MR) is 65.0 cm³/mol. The maximum atomic E-state index is 11.5. The van der Waals surface area contributed by atoms with Crippen LogP contribution in [-0.4, -0.2) is 23.1 Å². The van der Waals surface area contributed by atoms with Crippen molar-refractivity contribution in [2.45, 2.75) is 19.4 Å². The number of benzene rings is 1. The summed E-state index contributed by atoms with van der Waals surface area (Å²) in [4.78, 5) is 22.3. The highest BCUT2D eigenvalue weighted by molar-refractivity contribution is 5.92. The molecule has 0 fully saturated rings. The van der Waals surface area contributed by atoms with Crippen molar-refractivity contribution in [3.05, 3.63) is 29.8 Å². The van der Waals surface area contributed by atoms with E-state index >= 15 is 0 Å². The van der Waals surface area contributed by atoms with Crippen LogP contribution < -0.4 is 10.6 Å². The molecule has 1 aromatic rings. The molecular weight excluding hydrogens is 234 g/mol. The number of urea groups is 1. The lowest BCUT2D eigenvalue weighted by atomic mass is 10.2. The van der Waals surface area contributed by atoms with Gasteiger partial charge in [0, 0.05) is 5.69 Å². The van der Waals surface area contributed by atoms with Gasteiger partial charge in [-0.25, -0.2) is 9.59 Å². The first-order chi connectivity index (χ1) is 8.56. The molecule has 0 radical (unpaired) electrons. The van der Waals surface area contributed by atoms with Gasteiger partial charge in [-0.15, -0.1) is 0 Å². The third-order valence-electron chi connectivity index (χ3n) is 2.26. The SMILES string of the molecule is CCC(NC(=O)Nc1cccc(C#N)c1)C(=O)O. The van der Waals surface area contributed by atoms with Crippen LogP contribution in [-0.2, 0) is 4.79 Å². The first-order valence-corrected chi connectivity index (χ1v) is 5.37. The Kier molecular flexibility index (Phi) is 4.69. The zero-order valence-corrected chi connectivity index (χ0v) is 9.80. The van der Waals surface area contributed by atoms with Gasteiger partial charge in [-0.2, -0.15) is 5.26 Å². The highest BCUT2D eigenvalue weighted by atomic mass is 16.4. The second-order valence-electron chi connectivity index (χ2n) is 3.59. The summed E-state index contributed by atoms with van der Waals surface area (Å²) in [6.45, 7) is 1.66. The molecule has 3 N–H and O–H groups in total. The number of aliphatic carboxylic acids is 1. The van der Waals surface area contributed by atoms with Crippen molar-refractivity contribution in [3.63, 3.8) is 0 Å². The summed E-state index contributed by atoms with van der Waals surface area (Å²) in [5.41, 5.74) is 0.852. The maximum Gasteiger partial charge on any atom is 0.326 e. The number of anilines is 1. The van der Waals surface area contributed by atoms with E-state index in [-0.39, 0.29) is 0 Å². The fraction of sp³-hybridized carbons (Fsp3) is 0.250. The van der Waals surface area contributed by atoms with Crippen LogP contribution in [0.1, 0.15) is 18.9 Å². The lowest BCUT2D eigenvalue weighted by Gasteiger charge is -2.13. The molecule has 6 heteroatoms. The summed E-state index contributed by atoms with van der Waals surface area (Å²) in [7, 11) is 0. The molecule has 1 rings (SSSR count). The van der Waals surface area contributed by atoms with Crippen LogP contribution in [0.25, 0.3) is 0 Å². The summed E-state index contributed by atoms with van der Waals surface area (Å²) < 4.78 is 0. The monoisotopic (exact) mass is 247 g/mol. The van der Waals surface area contributed by atoms with Gasteiger partial charge in [-0.3, -0.25) is 0 Å². The zero-order chi connectivity index (χ0) is 13.5. The van der Waals surface area contributed by atoms with Gasteiger partial charge in [-0.05, 0) is 24.6 Å². The Morgan fingerprint density at radius 2 is 2.22 bits per heavy atom. The number of rotatable bonds is 4. The van der Waals surface area contributed by atoms with E-state index in [9.17, 15) is 9.59 Å². The number of nitriles is 1. The Bertz CT molecular complexity index is 494. The lowest BCUT2D eigenvalue weighted by molar-refractivity contribution is -0.139. The first-order valence-electron chi connectivity index (χ1n) is 5.37. The number of hydrogen-bond donors (Lipinski definition) is 3. The van der Waals surface area contributed by atoms with E-state index in [2.05, 4.69) is 10.6 Å². The normalized spacial score (nSPS) is 11.1. The molecular formula is C12H13N3O3. The summed E-state index contributed by atoms with van der Waals surface area (Å²) in [5.74, 6) is -1.08. The van der Waals surface area contributed by atoms with Gasteiger partial charge in [0.1, 0.15) is 6.04 Å². The molecule has 0 saturated carbocycles. The van der Waals surface area contributed by atoms with E-state index in [0.717, 1.165) is 0 Å². The number of nitrogens with zero attached hydrogens (tertiary/aromatic N) is 1. The standard InChI is InChI=1S/C12H13N3O3/c1-2-10(11(16)17)15-12(18)14-9-5-3-4-8(6-9)7-13/h3-6,10H,2H2,1H3,(H,16,17)(H2,14,15,18). The van der Waals surface area contributed by atoms with Crippen molar-refractivity contribution in [1.82, 2.24) is 5.32 Å². The van der Waals surface area contributed by atoms with Crippen LogP contribution in [0, 0.1) is 11.3 Å². The van der Waals surface area contributed by atoms with Gasteiger partial charge in [-0.1, -0.05) is 13.0 Å². The molecule has 0 aliphatic carbocycles. The Morgan fingerprint density at radius 1 is 1.50 bits per heavy atom.